The lowest BCUT2D eigenvalue weighted by molar-refractivity contribution is -0.137. The molecule has 1 amide bonds. The molecule has 1 aromatic heterocycles. The van der Waals surface area contributed by atoms with Crippen molar-refractivity contribution in [3.8, 4) is 11.8 Å². The van der Waals surface area contributed by atoms with Crippen LogP contribution in [0.2, 0.25) is 0 Å². The van der Waals surface area contributed by atoms with Gasteiger partial charge >= 0.3 is 6.18 Å². The summed E-state index contributed by atoms with van der Waals surface area (Å²) in [5.41, 5.74) is -0.0752. The van der Waals surface area contributed by atoms with E-state index in [0.29, 0.717) is 27.2 Å². The molecule has 1 aliphatic rings. The molecular formula is C20H12F3N5OS. The molecule has 4 rings (SSSR count). The Morgan fingerprint density at radius 1 is 1.30 bits per heavy atom. The van der Waals surface area contributed by atoms with E-state index in [-0.39, 0.29) is 16.5 Å². The molecule has 0 spiro atoms. The molecule has 1 fully saturated rings. The number of alkyl halides is 3. The molecule has 1 saturated heterocycles. The number of nitrogens with zero attached hydrogens (tertiary/aromatic N) is 4. The van der Waals surface area contributed by atoms with Gasteiger partial charge in [0.2, 0.25) is 0 Å². The van der Waals surface area contributed by atoms with E-state index in [0.717, 1.165) is 17.8 Å². The number of hydrogen-bond donors (Lipinski definition) is 1. The van der Waals surface area contributed by atoms with Gasteiger partial charge in [-0.3, -0.25) is 9.79 Å². The number of nitriles is 1. The number of aromatic nitrogens is 2. The van der Waals surface area contributed by atoms with Crippen molar-refractivity contribution >= 4 is 39.8 Å². The topological polar surface area (TPSA) is 83.1 Å². The Balaban J connectivity index is 1.89. The van der Waals surface area contributed by atoms with Crippen LogP contribution in [0, 0.1) is 11.3 Å². The van der Waals surface area contributed by atoms with Crippen LogP contribution in [-0.4, -0.2) is 27.9 Å². The monoisotopic (exact) mass is 427 g/mol. The molecule has 0 radical (unpaired) electrons. The molecule has 0 saturated carbocycles. The van der Waals surface area contributed by atoms with Crippen LogP contribution in [-0.2, 0) is 6.18 Å². The van der Waals surface area contributed by atoms with Crippen molar-refractivity contribution in [3.05, 3.63) is 64.2 Å². The molecule has 3 aromatic rings. The van der Waals surface area contributed by atoms with E-state index >= 15 is 0 Å². The Labute approximate surface area is 172 Å². The van der Waals surface area contributed by atoms with Crippen molar-refractivity contribution in [2.24, 2.45) is 4.99 Å². The number of benzene rings is 2. The van der Waals surface area contributed by atoms with Crippen molar-refractivity contribution in [2.75, 3.05) is 7.05 Å². The average Bonchev–Trinajstić information content (AvgIpc) is 3.30. The second-order valence-electron chi connectivity index (χ2n) is 6.27. The van der Waals surface area contributed by atoms with Gasteiger partial charge in [-0.05, 0) is 47.7 Å². The van der Waals surface area contributed by atoms with Crippen LogP contribution in [0.15, 0.2) is 52.5 Å². The van der Waals surface area contributed by atoms with Crippen molar-refractivity contribution in [2.45, 2.75) is 6.18 Å². The number of amidine groups is 1. The first-order chi connectivity index (χ1) is 14.3. The molecule has 0 bridgehead atoms. The van der Waals surface area contributed by atoms with Crippen LogP contribution in [0.5, 0.6) is 0 Å². The minimum Gasteiger partial charge on any atom is -0.300 e. The van der Waals surface area contributed by atoms with Crippen molar-refractivity contribution < 1.29 is 18.0 Å². The van der Waals surface area contributed by atoms with E-state index in [2.05, 4.69) is 15.4 Å². The first-order valence-electron chi connectivity index (χ1n) is 8.58. The van der Waals surface area contributed by atoms with Gasteiger partial charge in [0.05, 0.1) is 39.5 Å². The number of nitrogens with one attached hydrogen (secondary N) is 1. The highest BCUT2D eigenvalue weighted by Crippen LogP contribution is 2.36. The van der Waals surface area contributed by atoms with E-state index in [1.165, 1.54) is 23.0 Å². The number of aliphatic imine (C=N–C) groups is 1. The van der Waals surface area contributed by atoms with Gasteiger partial charge in [-0.25, -0.2) is 4.68 Å². The number of carbonyl (C=O) groups excluding carboxylic acids is 1. The summed E-state index contributed by atoms with van der Waals surface area (Å²) in [6.07, 6.45) is -1.44. The fraction of sp³-hybridized carbons (Fsp3) is 0.100. The summed E-state index contributed by atoms with van der Waals surface area (Å²) in [6.45, 7) is 0. The smallest absolute Gasteiger partial charge is 0.300 e. The lowest BCUT2D eigenvalue weighted by Crippen LogP contribution is -2.18. The third kappa shape index (κ3) is 3.44. The number of thioether (sulfide) groups is 1. The van der Waals surface area contributed by atoms with E-state index in [9.17, 15) is 18.0 Å². The molecule has 6 nitrogen and oxygen atoms in total. The molecule has 30 heavy (non-hydrogen) atoms. The van der Waals surface area contributed by atoms with Gasteiger partial charge in [0.15, 0.2) is 0 Å². The van der Waals surface area contributed by atoms with Crippen LogP contribution in [0.3, 0.4) is 0 Å². The Morgan fingerprint density at radius 2 is 2.10 bits per heavy atom. The number of fused-ring (bicyclic) bond motifs is 1. The normalized spacial score (nSPS) is 17.0. The molecular weight excluding hydrogens is 415 g/mol. The molecule has 1 aliphatic heterocycles. The number of halogens is 3. The second-order valence-corrected chi connectivity index (χ2v) is 7.29. The summed E-state index contributed by atoms with van der Waals surface area (Å²) >= 11 is 0.988. The maximum atomic E-state index is 13.6. The third-order valence-electron chi connectivity index (χ3n) is 4.47. The van der Waals surface area contributed by atoms with Crippen LogP contribution in [0.25, 0.3) is 22.7 Å². The summed E-state index contributed by atoms with van der Waals surface area (Å²) in [7, 11) is 1.55. The standard InChI is InChI=1S/C20H12F3N5OS/c1-25-18-17(30-19(29)27-18)8-12-3-2-4-15-13(12)10-26-28(15)16-6-5-11(9-24)7-14(16)20(21,22)23/h2-8,10H,1H3,(H,25,27,29)/b17-8-. The molecule has 0 atom stereocenters. The largest absolute Gasteiger partial charge is 0.418 e. The zero-order valence-corrected chi connectivity index (χ0v) is 16.2. The van der Waals surface area contributed by atoms with Crippen LogP contribution in [0.4, 0.5) is 18.0 Å². The summed E-state index contributed by atoms with van der Waals surface area (Å²) in [5.74, 6) is 0.431. The highest BCUT2D eigenvalue weighted by Gasteiger charge is 2.35. The number of amides is 1. The Hall–Kier alpha value is -3.58. The van der Waals surface area contributed by atoms with Crippen molar-refractivity contribution in [1.29, 1.82) is 5.26 Å². The summed E-state index contributed by atoms with van der Waals surface area (Å²) in [6, 6.07) is 10.2. The van der Waals surface area contributed by atoms with Gasteiger partial charge < -0.3 is 5.32 Å². The number of rotatable bonds is 2. The molecule has 0 unspecified atom stereocenters. The van der Waals surface area contributed by atoms with Gasteiger partial charge in [-0.2, -0.15) is 23.5 Å². The first kappa shape index (κ1) is 19.7. The summed E-state index contributed by atoms with van der Waals surface area (Å²) < 4.78 is 42.0. The number of hydrogen-bond acceptors (Lipinski definition) is 5. The van der Waals surface area contributed by atoms with Gasteiger partial charge in [-0.1, -0.05) is 12.1 Å². The predicted octanol–water partition coefficient (Wildman–Crippen LogP) is 4.74. The van der Waals surface area contributed by atoms with Gasteiger partial charge in [-0.15, -0.1) is 0 Å². The Kier molecular flexibility index (Phi) is 4.83. The minimum atomic E-state index is -4.65. The first-order valence-corrected chi connectivity index (χ1v) is 9.39. The molecule has 2 heterocycles. The summed E-state index contributed by atoms with van der Waals surface area (Å²) in [5, 5.41) is 16.1. The van der Waals surface area contributed by atoms with Gasteiger partial charge in [0, 0.05) is 12.4 Å². The van der Waals surface area contributed by atoms with E-state index < -0.39 is 11.7 Å². The van der Waals surface area contributed by atoms with Gasteiger partial charge in [0.25, 0.3) is 5.24 Å². The van der Waals surface area contributed by atoms with Crippen LogP contribution >= 0.6 is 11.8 Å². The average molecular weight is 427 g/mol. The molecule has 2 aromatic carbocycles. The fourth-order valence-electron chi connectivity index (χ4n) is 3.15. The highest BCUT2D eigenvalue weighted by molar-refractivity contribution is 8.18. The molecule has 10 heteroatoms. The SMILES string of the molecule is CN=C1NC(=O)S/C1=C\c1cccc2c1cnn2-c1ccc(C#N)cc1C(F)(F)F. The predicted molar refractivity (Wildman–Crippen MR) is 108 cm³/mol. The van der Waals surface area contributed by atoms with Crippen molar-refractivity contribution in [3.63, 3.8) is 0 Å². The van der Waals surface area contributed by atoms with Crippen molar-refractivity contribution in [1.82, 2.24) is 15.1 Å². The van der Waals surface area contributed by atoms with Gasteiger partial charge in [0.1, 0.15) is 5.84 Å². The molecule has 150 valence electrons. The maximum absolute atomic E-state index is 13.6. The second kappa shape index (κ2) is 7.35. The highest BCUT2D eigenvalue weighted by atomic mass is 32.2. The van der Waals surface area contributed by atoms with E-state index in [1.54, 1.807) is 37.4 Å². The molecule has 1 N–H and O–H groups in total. The van der Waals surface area contributed by atoms with E-state index in [1.807, 2.05) is 0 Å². The zero-order valence-electron chi connectivity index (χ0n) is 15.4. The maximum Gasteiger partial charge on any atom is 0.418 e. The summed E-state index contributed by atoms with van der Waals surface area (Å²) in [4.78, 5) is 16.3. The Bertz CT molecular complexity index is 1280. The fourth-order valence-corrected chi connectivity index (χ4v) is 3.92. The minimum absolute atomic E-state index is 0.0882. The quantitative estimate of drug-likeness (QED) is 0.640. The zero-order chi connectivity index (χ0) is 21.5. The molecule has 0 aliphatic carbocycles. The lowest BCUT2D eigenvalue weighted by atomic mass is 10.1. The lowest BCUT2D eigenvalue weighted by Gasteiger charge is -2.14. The van der Waals surface area contributed by atoms with Crippen LogP contribution in [0.1, 0.15) is 16.7 Å². The van der Waals surface area contributed by atoms with Crippen LogP contribution < -0.4 is 5.32 Å². The Morgan fingerprint density at radius 3 is 2.80 bits per heavy atom. The van der Waals surface area contributed by atoms with E-state index in [4.69, 9.17) is 5.26 Å². The number of carbonyl (C=O) groups is 1. The third-order valence-corrected chi connectivity index (χ3v) is 5.29.